The van der Waals surface area contributed by atoms with E-state index in [1.165, 1.54) is 6.07 Å². The van der Waals surface area contributed by atoms with Crippen LogP contribution in [0.4, 0.5) is 8.78 Å². The Hall–Kier alpha value is -1.12. The Balaban J connectivity index is 3.25. The van der Waals surface area contributed by atoms with E-state index >= 15 is 0 Å². The average molecular weight is 158 g/mol. The molecular formula is C8H8F2O. The summed E-state index contributed by atoms with van der Waals surface area (Å²) in [6.07, 6.45) is 0.444. The summed E-state index contributed by atoms with van der Waals surface area (Å²) in [6.45, 7) is 1.73. The molecule has 0 unspecified atom stereocenters. The van der Waals surface area contributed by atoms with E-state index in [2.05, 4.69) is 0 Å². The second kappa shape index (κ2) is 2.86. The van der Waals surface area contributed by atoms with Crippen molar-refractivity contribution in [2.45, 2.75) is 13.3 Å². The van der Waals surface area contributed by atoms with Gasteiger partial charge in [-0.2, -0.15) is 0 Å². The van der Waals surface area contributed by atoms with Crippen molar-refractivity contribution in [3.05, 3.63) is 29.3 Å². The van der Waals surface area contributed by atoms with Gasteiger partial charge in [-0.1, -0.05) is 13.0 Å². The highest BCUT2D eigenvalue weighted by Crippen LogP contribution is 2.22. The maximum Gasteiger partial charge on any atom is 0.188 e. The van der Waals surface area contributed by atoms with Crippen LogP contribution in [0.3, 0.4) is 0 Å². The van der Waals surface area contributed by atoms with Gasteiger partial charge < -0.3 is 5.11 Å². The fourth-order valence-electron chi connectivity index (χ4n) is 0.856. The van der Waals surface area contributed by atoms with E-state index in [1.54, 1.807) is 6.92 Å². The van der Waals surface area contributed by atoms with Crippen molar-refractivity contribution < 1.29 is 13.9 Å². The third kappa shape index (κ3) is 1.31. The van der Waals surface area contributed by atoms with Gasteiger partial charge in [0, 0.05) is 0 Å². The molecule has 1 aromatic carbocycles. The Labute approximate surface area is 63.3 Å². The standard InChI is InChI=1S/C8H8F2O/c1-2-5-3-4-6(9)8(11)7(5)10/h3-4,11H,2H2,1H3. The average Bonchev–Trinajstić information content (AvgIpc) is 2.01. The van der Waals surface area contributed by atoms with Crippen molar-refractivity contribution in [1.82, 2.24) is 0 Å². The summed E-state index contributed by atoms with van der Waals surface area (Å²) in [5.74, 6) is -2.66. The van der Waals surface area contributed by atoms with Crippen LogP contribution in [0.15, 0.2) is 12.1 Å². The molecule has 1 aromatic rings. The van der Waals surface area contributed by atoms with Crippen LogP contribution in [0.2, 0.25) is 0 Å². The largest absolute Gasteiger partial charge is 0.503 e. The zero-order valence-electron chi connectivity index (χ0n) is 6.06. The summed E-state index contributed by atoms with van der Waals surface area (Å²) in [5, 5.41) is 8.77. The summed E-state index contributed by atoms with van der Waals surface area (Å²) in [4.78, 5) is 0. The Morgan fingerprint density at radius 3 is 2.55 bits per heavy atom. The second-order valence-electron chi connectivity index (χ2n) is 2.22. The van der Waals surface area contributed by atoms with Gasteiger partial charge >= 0.3 is 0 Å². The van der Waals surface area contributed by atoms with Crippen molar-refractivity contribution in [1.29, 1.82) is 0 Å². The Bertz CT molecular complexity index is 271. The molecule has 0 aliphatic rings. The van der Waals surface area contributed by atoms with Gasteiger partial charge in [0.15, 0.2) is 17.4 Å². The van der Waals surface area contributed by atoms with Crippen LogP contribution in [0.25, 0.3) is 0 Å². The Morgan fingerprint density at radius 1 is 1.36 bits per heavy atom. The van der Waals surface area contributed by atoms with E-state index in [0.717, 1.165) is 6.07 Å². The van der Waals surface area contributed by atoms with Crippen LogP contribution < -0.4 is 0 Å². The molecule has 1 rings (SSSR count). The Kier molecular flexibility index (Phi) is 2.08. The quantitative estimate of drug-likeness (QED) is 0.664. The molecule has 0 saturated heterocycles. The fraction of sp³-hybridized carbons (Fsp3) is 0.250. The molecule has 0 atom stereocenters. The van der Waals surface area contributed by atoms with Gasteiger partial charge in [0.1, 0.15) is 0 Å². The molecule has 0 saturated carbocycles. The van der Waals surface area contributed by atoms with Gasteiger partial charge in [0.05, 0.1) is 0 Å². The number of phenolic OH excluding ortho intramolecular Hbond substituents is 1. The molecule has 0 bridgehead atoms. The minimum Gasteiger partial charge on any atom is -0.503 e. The molecule has 0 radical (unpaired) electrons. The molecule has 0 heterocycles. The van der Waals surface area contributed by atoms with Crippen molar-refractivity contribution in [2.75, 3.05) is 0 Å². The van der Waals surface area contributed by atoms with Gasteiger partial charge in [0.2, 0.25) is 0 Å². The lowest BCUT2D eigenvalue weighted by atomic mass is 10.1. The van der Waals surface area contributed by atoms with E-state index in [9.17, 15) is 8.78 Å². The zero-order chi connectivity index (χ0) is 8.43. The fourth-order valence-corrected chi connectivity index (χ4v) is 0.856. The molecule has 0 spiro atoms. The normalized spacial score (nSPS) is 10.1. The molecule has 11 heavy (non-hydrogen) atoms. The highest BCUT2D eigenvalue weighted by atomic mass is 19.1. The van der Waals surface area contributed by atoms with E-state index in [1.807, 2.05) is 0 Å². The zero-order valence-corrected chi connectivity index (χ0v) is 6.06. The van der Waals surface area contributed by atoms with Crippen LogP contribution >= 0.6 is 0 Å². The molecule has 60 valence electrons. The molecule has 0 amide bonds. The molecule has 1 N–H and O–H groups in total. The SMILES string of the molecule is CCc1ccc(F)c(O)c1F. The van der Waals surface area contributed by atoms with E-state index in [-0.39, 0.29) is 0 Å². The van der Waals surface area contributed by atoms with Crippen molar-refractivity contribution in [2.24, 2.45) is 0 Å². The lowest BCUT2D eigenvalue weighted by Crippen LogP contribution is -1.90. The van der Waals surface area contributed by atoms with E-state index in [0.29, 0.717) is 12.0 Å². The minimum absolute atomic E-state index is 0.323. The maximum atomic E-state index is 12.8. The first kappa shape index (κ1) is 7.98. The molecule has 0 aliphatic heterocycles. The van der Waals surface area contributed by atoms with E-state index in [4.69, 9.17) is 5.11 Å². The van der Waals surface area contributed by atoms with Crippen molar-refractivity contribution in [3.63, 3.8) is 0 Å². The molecule has 0 fully saturated rings. The van der Waals surface area contributed by atoms with Crippen molar-refractivity contribution >= 4 is 0 Å². The molecule has 3 heteroatoms. The maximum absolute atomic E-state index is 12.8. The topological polar surface area (TPSA) is 20.2 Å². The summed E-state index contributed by atoms with van der Waals surface area (Å²) < 4.78 is 25.2. The van der Waals surface area contributed by atoms with Gasteiger partial charge in [-0.15, -0.1) is 0 Å². The number of halogens is 2. The number of hydrogen-bond donors (Lipinski definition) is 1. The number of rotatable bonds is 1. The third-order valence-corrected chi connectivity index (χ3v) is 1.53. The van der Waals surface area contributed by atoms with Gasteiger partial charge in [0.25, 0.3) is 0 Å². The molecular weight excluding hydrogens is 150 g/mol. The lowest BCUT2D eigenvalue weighted by Gasteiger charge is -2.01. The number of hydrogen-bond acceptors (Lipinski definition) is 1. The first-order valence-corrected chi connectivity index (χ1v) is 3.32. The molecule has 1 nitrogen and oxygen atoms in total. The predicted molar refractivity (Wildman–Crippen MR) is 37.4 cm³/mol. The summed E-state index contributed by atoms with van der Waals surface area (Å²) >= 11 is 0. The number of aryl methyl sites for hydroxylation is 1. The highest BCUT2D eigenvalue weighted by Gasteiger charge is 2.09. The minimum atomic E-state index is -0.917. The monoisotopic (exact) mass is 158 g/mol. The molecule has 0 aliphatic carbocycles. The number of benzene rings is 1. The van der Waals surface area contributed by atoms with E-state index < -0.39 is 17.4 Å². The smallest absolute Gasteiger partial charge is 0.188 e. The highest BCUT2D eigenvalue weighted by molar-refractivity contribution is 5.31. The number of aromatic hydroxyl groups is 1. The predicted octanol–water partition coefficient (Wildman–Crippen LogP) is 2.23. The summed E-state index contributed by atoms with van der Waals surface area (Å²) in [6, 6.07) is 2.38. The van der Waals surface area contributed by atoms with Crippen LogP contribution in [-0.2, 0) is 6.42 Å². The van der Waals surface area contributed by atoms with Crippen LogP contribution in [0.5, 0.6) is 5.75 Å². The summed E-state index contributed by atoms with van der Waals surface area (Å²) in [5.41, 5.74) is 0.323. The lowest BCUT2D eigenvalue weighted by molar-refractivity contribution is 0.393. The third-order valence-electron chi connectivity index (χ3n) is 1.53. The Morgan fingerprint density at radius 2 is 2.00 bits per heavy atom. The van der Waals surface area contributed by atoms with Crippen LogP contribution in [-0.4, -0.2) is 5.11 Å². The van der Waals surface area contributed by atoms with Gasteiger partial charge in [-0.05, 0) is 18.1 Å². The molecule has 0 aromatic heterocycles. The van der Waals surface area contributed by atoms with Crippen molar-refractivity contribution in [3.8, 4) is 5.75 Å². The summed E-state index contributed by atoms with van der Waals surface area (Å²) in [7, 11) is 0. The van der Waals surface area contributed by atoms with Gasteiger partial charge in [-0.3, -0.25) is 0 Å². The van der Waals surface area contributed by atoms with Crippen LogP contribution in [0, 0.1) is 11.6 Å². The first-order valence-electron chi connectivity index (χ1n) is 3.32. The number of phenols is 1. The first-order chi connectivity index (χ1) is 5.16. The van der Waals surface area contributed by atoms with Gasteiger partial charge in [-0.25, -0.2) is 8.78 Å². The second-order valence-corrected chi connectivity index (χ2v) is 2.22. The van der Waals surface area contributed by atoms with Crippen LogP contribution in [0.1, 0.15) is 12.5 Å².